The Labute approximate surface area is 68.7 Å². The summed E-state index contributed by atoms with van der Waals surface area (Å²) in [6, 6.07) is 1.63. The molecule has 1 aliphatic heterocycles. The van der Waals surface area contributed by atoms with Crippen LogP contribution < -0.4 is 4.74 Å². The first kappa shape index (κ1) is 7.06. The zero-order valence-corrected chi connectivity index (χ0v) is 6.36. The number of isocyanates is 1. The number of nitrogens with zero attached hydrogens (tertiary/aromatic N) is 3. The Hall–Kier alpha value is -1.61. The first-order valence-electron chi connectivity index (χ1n) is 3.68. The van der Waals surface area contributed by atoms with Gasteiger partial charge in [-0.15, -0.1) is 10.1 Å². The molecule has 1 aromatic heterocycles. The fraction of sp³-hybridized carbons (Fsp3) is 0.429. The lowest BCUT2D eigenvalue weighted by atomic mass is 10.4. The minimum absolute atomic E-state index is 0.363. The van der Waals surface area contributed by atoms with Crippen LogP contribution in [0.4, 0.5) is 5.82 Å². The molecule has 0 amide bonds. The van der Waals surface area contributed by atoms with Gasteiger partial charge >= 0.3 is 0 Å². The molecule has 2 heterocycles. The topological polar surface area (TPSA) is 56.5 Å². The van der Waals surface area contributed by atoms with Gasteiger partial charge < -0.3 is 4.74 Å². The SMILES string of the molecule is O=C=Nc1cc2n(n1)CCCO2. The quantitative estimate of drug-likeness (QED) is 0.453. The molecule has 0 saturated heterocycles. The molecule has 5 heteroatoms. The summed E-state index contributed by atoms with van der Waals surface area (Å²) in [7, 11) is 0. The van der Waals surface area contributed by atoms with E-state index >= 15 is 0 Å². The molecule has 1 aromatic rings. The van der Waals surface area contributed by atoms with E-state index < -0.39 is 0 Å². The predicted octanol–water partition coefficient (Wildman–Crippen LogP) is 0.633. The molecule has 0 saturated carbocycles. The minimum atomic E-state index is 0.363. The number of hydrogen-bond acceptors (Lipinski definition) is 4. The smallest absolute Gasteiger partial charge is 0.242 e. The second-order valence-corrected chi connectivity index (χ2v) is 2.47. The van der Waals surface area contributed by atoms with Crippen LogP contribution in [0.25, 0.3) is 0 Å². The zero-order valence-electron chi connectivity index (χ0n) is 6.36. The lowest BCUT2D eigenvalue weighted by Crippen LogP contribution is -2.14. The van der Waals surface area contributed by atoms with Gasteiger partial charge in [0.15, 0.2) is 5.82 Å². The van der Waals surface area contributed by atoms with Crippen LogP contribution in [0.3, 0.4) is 0 Å². The van der Waals surface area contributed by atoms with Crippen molar-refractivity contribution in [2.45, 2.75) is 13.0 Å². The number of ether oxygens (including phenoxy) is 1. The average Bonchev–Trinajstić information content (AvgIpc) is 2.47. The fourth-order valence-electron chi connectivity index (χ4n) is 1.16. The van der Waals surface area contributed by atoms with E-state index in [0.29, 0.717) is 18.3 Å². The second kappa shape index (κ2) is 2.79. The Morgan fingerprint density at radius 3 is 3.42 bits per heavy atom. The molecule has 62 valence electrons. The van der Waals surface area contributed by atoms with Gasteiger partial charge in [0.1, 0.15) is 0 Å². The third-order valence-electron chi connectivity index (χ3n) is 1.65. The van der Waals surface area contributed by atoms with Gasteiger partial charge in [0.2, 0.25) is 12.0 Å². The highest BCUT2D eigenvalue weighted by atomic mass is 16.5. The van der Waals surface area contributed by atoms with Crippen LogP contribution in [0.5, 0.6) is 5.88 Å². The Balaban J connectivity index is 2.37. The van der Waals surface area contributed by atoms with Crippen molar-refractivity contribution in [1.29, 1.82) is 0 Å². The van der Waals surface area contributed by atoms with Crippen molar-refractivity contribution in [3.05, 3.63) is 6.07 Å². The van der Waals surface area contributed by atoms with Crippen molar-refractivity contribution < 1.29 is 9.53 Å². The predicted molar refractivity (Wildman–Crippen MR) is 40.1 cm³/mol. The molecule has 0 unspecified atom stereocenters. The van der Waals surface area contributed by atoms with E-state index in [2.05, 4.69) is 10.1 Å². The van der Waals surface area contributed by atoms with Crippen molar-refractivity contribution in [2.24, 2.45) is 4.99 Å². The van der Waals surface area contributed by atoms with Gasteiger partial charge in [-0.1, -0.05) is 0 Å². The van der Waals surface area contributed by atoms with Crippen LogP contribution >= 0.6 is 0 Å². The number of hydrogen-bond donors (Lipinski definition) is 0. The fourth-order valence-corrected chi connectivity index (χ4v) is 1.16. The van der Waals surface area contributed by atoms with E-state index in [4.69, 9.17) is 4.74 Å². The maximum absolute atomic E-state index is 9.91. The summed E-state index contributed by atoms with van der Waals surface area (Å²) in [5.74, 6) is 1.04. The average molecular weight is 165 g/mol. The summed E-state index contributed by atoms with van der Waals surface area (Å²) in [5, 5.41) is 4.00. The third-order valence-corrected chi connectivity index (χ3v) is 1.65. The van der Waals surface area contributed by atoms with Gasteiger partial charge in [-0.25, -0.2) is 9.48 Å². The lowest BCUT2D eigenvalue weighted by molar-refractivity contribution is 0.230. The summed E-state index contributed by atoms with van der Waals surface area (Å²) in [6.45, 7) is 1.53. The molecule has 0 spiro atoms. The first-order chi connectivity index (χ1) is 5.90. The number of aromatic nitrogens is 2. The summed E-state index contributed by atoms with van der Waals surface area (Å²) in [4.78, 5) is 13.3. The highest BCUT2D eigenvalue weighted by molar-refractivity contribution is 5.45. The largest absolute Gasteiger partial charge is 0.478 e. The van der Waals surface area contributed by atoms with Crippen molar-refractivity contribution in [3.8, 4) is 5.88 Å². The van der Waals surface area contributed by atoms with Gasteiger partial charge in [0.25, 0.3) is 0 Å². The second-order valence-electron chi connectivity index (χ2n) is 2.47. The Bertz CT molecular complexity index is 315. The maximum atomic E-state index is 9.91. The third kappa shape index (κ3) is 1.10. The molecule has 2 rings (SSSR count). The van der Waals surface area contributed by atoms with E-state index in [1.165, 1.54) is 6.08 Å². The molecule has 0 fully saturated rings. The van der Waals surface area contributed by atoms with E-state index in [9.17, 15) is 4.79 Å². The molecule has 0 N–H and O–H groups in total. The molecule has 0 radical (unpaired) electrons. The van der Waals surface area contributed by atoms with Gasteiger partial charge in [0.05, 0.1) is 6.61 Å². The van der Waals surface area contributed by atoms with E-state index in [0.717, 1.165) is 13.0 Å². The standard InChI is InChI=1S/C7H7N3O2/c11-5-8-6-4-7-10(9-6)2-1-3-12-7/h4H,1-3H2. The number of carbonyl (C=O) groups excluding carboxylic acids is 1. The first-order valence-corrected chi connectivity index (χ1v) is 3.68. The Morgan fingerprint density at radius 2 is 2.67 bits per heavy atom. The molecule has 0 aromatic carbocycles. The zero-order chi connectivity index (χ0) is 8.39. The van der Waals surface area contributed by atoms with Gasteiger partial charge in [0, 0.05) is 19.0 Å². The number of aryl methyl sites for hydroxylation is 1. The summed E-state index contributed by atoms with van der Waals surface area (Å²) < 4.78 is 6.96. The van der Waals surface area contributed by atoms with E-state index in [1.807, 2.05) is 0 Å². The normalized spacial score (nSPS) is 14.3. The summed E-state index contributed by atoms with van der Waals surface area (Å²) >= 11 is 0. The van der Waals surface area contributed by atoms with Crippen molar-refractivity contribution in [2.75, 3.05) is 6.61 Å². The van der Waals surface area contributed by atoms with Gasteiger partial charge in [-0.3, -0.25) is 0 Å². The maximum Gasteiger partial charge on any atom is 0.242 e. The summed E-state index contributed by atoms with van der Waals surface area (Å²) in [5.41, 5.74) is 0. The van der Waals surface area contributed by atoms with Crippen molar-refractivity contribution in [3.63, 3.8) is 0 Å². The van der Waals surface area contributed by atoms with E-state index in [1.54, 1.807) is 10.7 Å². The molecule has 12 heavy (non-hydrogen) atoms. The molecule has 0 atom stereocenters. The van der Waals surface area contributed by atoms with Crippen LogP contribution in [-0.4, -0.2) is 22.5 Å². The molecule has 0 aliphatic carbocycles. The molecule has 5 nitrogen and oxygen atoms in total. The Kier molecular flexibility index (Phi) is 1.64. The number of fused-ring (bicyclic) bond motifs is 1. The minimum Gasteiger partial charge on any atom is -0.478 e. The van der Waals surface area contributed by atoms with Gasteiger partial charge in [-0.2, -0.15) is 0 Å². The highest BCUT2D eigenvalue weighted by Crippen LogP contribution is 2.22. The van der Waals surface area contributed by atoms with Crippen LogP contribution in [-0.2, 0) is 11.3 Å². The van der Waals surface area contributed by atoms with Crippen LogP contribution in [0.1, 0.15) is 6.42 Å². The van der Waals surface area contributed by atoms with Gasteiger partial charge in [-0.05, 0) is 0 Å². The van der Waals surface area contributed by atoms with Crippen LogP contribution in [0.2, 0.25) is 0 Å². The number of aliphatic imine (C=N–C) groups is 1. The Morgan fingerprint density at radius 1 is 1.75 bits per heavy atom. The number of rotatable bonds is 1. The summed E-state index contributed by atoms with van der Waals surface area (Å²) in [6.07, 6.45) is 2.38. The lowest BCUT2D eigenvalue weighted by Gasteiger charge is -2.13. The van der Waals surface area contributed by atoms with Crippen LogP contribution in [0, 0.1) is 0 Å². The molecule has 0 bridgehead atoms. The van der Waals surface area contributed by atoms with Crippen LogP contribution in [0.15, 0.2) is 11.1 Å². The van der Waals surface area contributed by atoms with E-state index in [-0.39, 0.29) is 0 Å². The monoisotopic (exact) mass is 165 g/mol. The molecular formula is C7H7N3O2. The highest BCUT2D eigenvalue weighted by Gasteiger charge is 2.12. The van der Waals surface area contributed by atoms with Crippen molar-refractivity contribution >= 4 is 11.9 Å². The van der Waals surface area contributed by atoms with Crippen molar-refractivity contribution in [1.82, 2.24) is 9.78 Å². The molecule has 1 aliphatic rings. The molecular weight excluding hydrogens is 158 g/mol.